The number of piperidine rings is 1. The number of hydrogen-bond donors (Lipinski definition) is 1. The number of hydrogen-bond acceptors (Lipinski definition) is 3. The van der Waals surface area contributed by atoms with Gasteiger partial charge >= 0.3 is 0 Å². The Morgan fingerprint density at radius 3 is 2.06 bits per heavy atom. The second kappa shape index (κ2) is 5.03. The molecule has 3 heteroatoms. The van der Waals surface area contributed by atoms with Gasteiger partial charge < -0.3 is 15.0 Å². The van der Waals surface area contributed by atoms with Crippen LogP contribution in [0.4, 0.5) is 0 Å². The molecule has 92 valence electrons. The predicted octanol–water partition coefficient (Wildman–Crippen LogP) is 1.38. The molecule has 2 aliphatic heterocycles. The van der Waals surface area contributed by atoms with Gasteiger partial charge in [0.15, 0.2) is 0 Å². The topological polar surface area (TPSA) is 24.5 Å². The number of nitrogens with zero attached hydrogens (tertiary/aromatic N) is 1. The fourth-order valence-electron chi connectivity index (χ4n) is 3.07. The second-order valence-corrected chi connectivity index (χ2v) is 5.59. The van der Waals surface area contributed by atoms with Gasteiger partial charge in [-0.15, -0.1) is 0 Å². The highest BCUT2D eigenvalue weighted by atomic mass is 16.5. The van der Waals surface area contributed by atoms with Crippen molar-refractivity contribution in [1.29, 1.82) is 0 Å². The van der Waals surface area contributed by atoms with Crippen LogP contribution in [0.25, 0.3) is 0 Å². The minimum absolute atomic E-state index is 0.728. The molecule has 16 heavy (non-hydrogen) atoms. The van der Waals surface area contributed by atoms with E-state index in [1.807, 2.05) is 0 Å². The van der Waals surface area contributed by atoms with E-state index in [0.29, 0.717) is 0 Å². The summed E-state index contributed by atoms with van der Waals surface area (Å²) in [6, 6.07) is 2.47. The van der Waals surface area contributed by atoms with Crippen molar-refractivity contribution in [2.75, 3.05) is 26.3 Å². The molecule has 0 unspecified atom stereocenters. The minimum atomic E-state index is 0.728. The van der Waals surface area contributed by atoms with Crippen molar-refractivity contribution in [3.05, 3.63) is 0 Å². The van der Waals surface area contributed by atoms with Crippen LogP contribution in [0.2, 0.25) is 0 Å². The molecule has 1 saturated carbocycles. The number of ether oxygens (including phenoxy) is 1. The third kappa shape index (κ3) is 2.76. The number of nitrogens with one attached hydrogen (secondary N) is 1. The molecule has 3 fully saturated rings. The first-order valence-corrected chi connectivity index (χ1v) is 6.99. The normalized spacial score (nSPS) is 30.8. The Kier molecular flexibility index (Phi) is 3.46. The first-order chi connectivity index (χ1) is 7.92. The van der Waals surface area contributed by atoms with E-state index >= 15 is 0 Å². The molecule has 3 aliphatic rings. The van der Waals surface area contributed by atoms with Gasteiger partial charge in [-0.1, -0.05) is 0 Å². The van der Waals surface area contributed by atoms with Crippen LogP contribution in [0.15, 0.2) is 0 Å². The maximum absolute atomic E-state index is 5.40. The maximum Gasteiger partial charge on any atom is 0.0480 e. The highest BCUT2D eigenvalue weighted by Crippen LogP contribution is 2.29. The molecule has 2 saturated heterocycles. The number of rotatable bonds is 3. The Bertz CT molecular complexity index is 216. The fraction of sp³-hybridized carbons (Fsp3) is 1.00. The molecule has 0 bridgehead atoms. The zero-order valence-corrected chi connectivity index (χ0v) is 10.2. The average molecular weight is 224 g/mol. The van der Waals surface area contributed by atoms with Crippen LogP contribution in [0.3, 0.4) is 0 Å². The molecule has 0 aromatic rings. The van der Waals surface area contributed by atoms with E-state index in [1.54, 1.807) is 0 Å². The third-order valence-electron chi connectivity index (χ3n) is 4.29. The number of likely N-dealkylation sites (tertiary alicyclic amines) is 1. The smallest absolute Gasteiger partial charge is 0.0480 e. The molecule has 3 rings (SSSR count). The summed E-state index contributed by atoms with van der Waals surface area (Å²) in [5.74, 6) is 0. The second-order valence-electron chi connectivity index (χ2n) is 5.59. The zero-order chi connectivity index (χ0) is 10.8. The van der Waals surface area contributed by atoms with E-state index in [2.05, 4.69) is 10.2 Å². The van der Waals surface area contributed by atoms with Crippen LogP contribution in [-0.2, 0) is 4.74 Å². The summed E-state index contributed by atoms with van der Waals surface area (Å²) in [5, 5.41) is 3.83. The average Bonchev–Trinajstić information content (AvgIpc) is 3.15. The van der Waals surface area contributed by atoms with Crippen LogP contribution in [0.1, 0.15) is 38.5 Å². The van der Waals surface area contributed by atoms with E-state index in [1.165, 1.54) is 51.6 Å². The van der Waals surface area contributed by atoms with Crippen LogP contribution in [0, 0.1) is 0 Å². The van der Waals surface area contributed by atoms with Crippen molar-refractivity contribution in [1.82, 2.24) is 10.2 Å². The fourth-order valence-corrected chi connectivity index (χ4v) is 3.07. The highest BCUT2D eigenvalue weighted by Gasteiger charge is 2.32. The van der Waals surface area contributed by atoms with Gasteiger partial charge in [-0.3, -0.25) is 0 Å². The Morgan fingerprint density at radius 1 is 0.812 bits per heavy atom. The lowest BCUT2D eigenvalue weighted by Crippen LogP contribution is -2.48. The van der Waals surface area contributed by atoms with E-state index in [0.717, 1.165) is 31.3 Å². The standard InChI is InChI=1S/C13H24N2O/c1-2-13(1)15-7-3-11(4-8-15)14-12-5-9-16-10-6-12/h11-14H,1-10H2. The summed E-state index contributed by atoms with van der Waals surface area (Å²) in [5.41, 5.74) is 0. The summed E-state index contributed by atoms with van der Waals surface area (Å²) in [4.78, 5) is 2.70. The predicted molar refractivity (Wildman–Crippen MR) is 64.6 cm³/mol. The van der Waals surface area contributed by atoms with Crippen molar-refractivity contribution in [3.63, 3.8) is 0 Å². The first-order valence-electron chi connectivity index (χ1n) is 6.99. The minimum Gasteiger partial charge on any atom is -0.381 e. The quantitative estimate of drug-likeness (QED) is 0.784. The van der Waals surface area contributed by atoms with Gasteiger partial charge in [-0.05, 0) is 51.6 Å². The van der Waals surface area contributed by atoms with E-state index in [9.17, 15) is 0 Å². The highest BCUT2D eigenvalue weighted by molar-refractivity contribution is 4.89. The van der Waals surface area contributed by atoms with Gasteiger partial charge in [0.05, 0.1) is 0 Å². The molecule has 0 amide bonds. The summed E-state index contributed by atoms with van der Waals surface area (Å²) in [7, 11) is 0. The lowest BCUT2D eigenvalue weighted by Gasteiger charge is -2.35. The summed E-state index contributed by atoms with van der Waals surface area (Å²) in [6.07, 6.45) is 8.05. The molecule has 0 atom stereocenters. The zero-order valence-electron chi connectivity index (χ0n) is 10.2. The van der Waals surface area contributed by atoms with Gasteiger partial charge in [0.25, 0.3) is 0 Å². The Labute approximate surface area is 98.5 Å². The van der Waals surface area contributed by atoms with Crippen molar-refractivity contribution >= 4 is 0 Å². The molecule has 1 N–H and O–H groups in total. The van der Waals surface area contributed by atoms with Crippen LogP contribution in [0.5, 0.6) is 0 Å². The Hall–Kier alpha value is -0.120. The molecule has 0 radical (unpaired) electrons. The van der Waals surface area contributed by atoms with Crippen molar-refractivity contribution < 1.29 is 4.74 Å². The lowest BCUT2D eigenvalue weighted by molar-refractivity contribution is 0.0703. The first kappa shape index (κ1) is 11.0. The molecule has 0 aromatic heterocycles. The summed E-state index contributed by atoms with van der Waals surface area (Å²) < 4.78 is 5.40. The summed E-state index contributed by atoms with van der Waals surface area (Å²) >= 11 is 0. The lowest BCUT2D eigenvalue weighted by atomic mass is 10.0. The van der Waals surface area contributed by atoms with Crippen molar-refractivity contribution in [2.45, 2.75) is 56.7 Å². The molecular formula is C13H24N2O. The van der Waals surface area contributed by atoms with E-state index in [-0.39, 0.29) is 0 Å². The largest absolute Gasteiger partial charge is 0.381 e. The van der Waals surface area contributed by atoms with E-state index < -0.39 is 0 Å². The van der Waals surface area contributed by atoms with Crippen molar-refractivity contribution in [3.8, 4) is 0 Å². The van der Waals surface area contributed by atoms with Crippen LogP contribution >= 0.6 is 0 Å². The van der Waals surface area contributed by atoms with Crippen LogP contribution in [-0.4, -0.2) is 49.3 Å². The van der Waals surface area contributed by atoms with Crippen LogP contribution < -0.4 is 5.32 Å². The molecular weight excluding hydrogens is 200 g/mol. The SMILES string of the molecule is C1CC(NC2CCN(C3CC3)CC2)CCO1. The molecule has 1 aliphatic carbocycles. The van der Waals surface area contributed by atoms with Gasteiger partial charge in [-0.25, -0.2) is 0 Å². The molecule has 2 heterocycles. The molecule has 3 nitrogen and oxygen atoms in total. The molecule has 0 spiro atoms. The van der Waals surface area contributed by atoms with Gasteiger partial charge in [-0.2, -0.15) is 0 Å². The third-order valence-corrected chi connectivity index (χ3v) is 4.29. The Morgan fingerprint density at radius 2 is 1.44 bits per heavy atom. The monoisotopic (exact) mass is 224 g/mol. The Balaban J connectivity index is 1.39. The van der Waals surface area contributed by atoms with E-state index in [4.69, 9.17) is 4.74 Å². The maximum atomic E-state index is 5.40. The van der Waals surface area contributed by atoms with Gasteiger partial charge in [0.2, 0.25) is 0 Å². The summed E-state index contributed by atoms with van der Waals surface area (Å²) in [6.45, 7) is 4.56. The molecule has 0 aromatic carbocycles. The van der Waals surface area contributed by atoms with Gasteiger partial charge in [0, 0.05) is 31.3 Å². The van der Waals surface area contributed by atoms with Gasteiger partial charge in [0.1, 0.15) is 0 Å². The van der Waals surface area contributed by atoms with Crippen molar-refractivity contribution in [2.24, 2.45) is 0 Å².